The minimum Gasteiger partial charge on any atom is -0.481 e. The molecular formula is C7H16N8O2. The number of guanidine groups is 2. The van der Waals surface area contributed by atoms with E-state index in [1.165, 1.54) is 6.21 Å². The highest BCUT2D eigenvalue weighted by molar-refractivity contribution is 6.29. The molecule has 9 N–H and O–H groups in total. The predicted molar refractivity (Wildman–Crippen MR) is 66.5 cm³/mol. The van der Waals surface area contributed by atoms with Crippen LogP contribution in [0.3, 0.4) is 0 Å². The number of carboxylic acids is 1. The highest BCUT2D eigenvalue weighted by atomic mass is 16.4. The zero-order valence-electron chi connectivity index (χ0n) is 9.53. The van der Waals surface area contributed by atoms with Crippen molar-refractivity contribution in [3.8, 4) is 0 Å². The van der Waals surface area contributed by atoms with Gasteiger partial charge < -0.3 is 28.0 Å². The van der Waals surface area contributed by atoms with Crippen molar-refractivity contribution >= 4 is 29.8 Å². The Morgan fingerprint density at radius 3 is 1.76 bits per heavy atom. The fourth-order valence-electron chi connectivity index (χ4n) is 0.342. The minimum atomic E-state index is -0.833. The molecule has 0 aliphatic heterocycles. The van der Waals surface area contributed by atoms with Crippen LogP contribution >= 0.6 is 0 Å². The van der Waals surface area contributed by atoms with Crippen LogP contribution in [-0.4, -0.2) is 34.9 Å². The molecule has 0 radical (unpaired) electrons. The topological polar surface area (TPSA) is 191 Å². The van der Waals surface area contributed by atoms with Crippen molar-refractivity contribution in [2.24, 2.45) is 43.3 Å². The largest absolute Gasteiger partial charge is 0.481 e. The first kappa shape index (κ1) is 16.8. The van der Waals surface area contributed by atoms with Crippen LogP contribution in [-0.2, 0) is 4.79 Å². The summed E-state index contributed by atoms with van der Waals surface area (Å²) in [6.07, 6.45) is 1.31. The lowest BCUT2D eigenvalue weighted by atomic mass is 10.5. The Hall–Kier alpha value is -2.65. The second kappa shape index (κ2) is 9.89. The van der Waals surface area contributed by atoms with Crippen molar-refractivity contribution in [2.75, 3.05) is 0 Å². The maximum Gasteiger partial charge on any atom is 0.300 e. The summed E-state index contributed by atoms with van der Waals surface area (Å²) in [5.41, 5.74) is 20.5. The molecule has 0 bridgehead atoms. The van der Waals surface area contributed by atoms with Gasteiger partial charge in [-0.3, -0.25) is 4.79 Å². The summed E-state index contributed by atoms with van der Waals surface area (Å²) in [5, 5.41) is 21.2. The molecule has 0 fully saturated rings. The molecule has 0 saturated heterocycles. The van der Waals surface area contributed by atoms with Crippen LogP contribution in [0.4, 0.5) is 0 Å². The Labute approximate surface area is 97.8 Å². The average molecular weight is 244 g/mol. The van der Waals surface area contributed by atoms with Crippen LogP contribution < -0.4 is 22.9 Å². The van der Waals surface area contributed by atoms with Gasteiger partial charge in [-0.15, -0.1) is 10.2 Å². The number of hydrogen-bond acceptors (Lipinski definition) is 5. The molecule has 0 unspecified atom stereocenters. The number of nitrogens with two attached hydrogens (primary N) is 4. The molecule has 0 saturated carbocycles. The average Bonchev–Trinajstić information content (AvgIpc) is 2.13. The van der Waals surface area contributed by atoms with Crippen LogP contribution in [0.2, 0.25) is 0 Å². The summed E-state index contributed by atoms with van der Waals surface area (Å²) in [6.45, 7) is 2.72. The van der Waals surface area contributed by atoms with Crippen molar-refractivity contribution in [1.29, 1.82) is 0 Å². The van der Waals surface area contributed by atoms with Crippen molar-refractivity contribution in [2.45, 2.75) is 13.8 Å². The Balaban J connectivity index is 0. The zero-order valence-corrected chi connectivity index (χ0v) is 9.53. The summed E-state index contributed by atoms with van der Waals surface area (Å²) < 4.78 is 0. The van der Waals surface area contributed by atoms with Gasteiger partial charge in [0, 0.05) is 6.92 Å². The first-order valence-corrected chi connectivity index (χ1v) is 4.20. The maximum absolute atomic E-state index is 9.00. The minimum absolute atomic E-state index is 0.130. The summed E-state index contributed by atoms with van der Waals surface area (Å²) in [6, 6.07) is 0. The second-order valence-electron chi connectivity index (χ2n) is 2.55. The van der Waals surface area contributed by atoms with Crippen LogP contribution in [0.25, 0.3) is 0 Å². The molecule has 0 spiro atoms. The van der Waals surface area contributed by atoms with Crippen molar-refractivity contribution in [1.82, 2.24) is 0 Å². The number of carboxylic acid groups (broad SMARTS) is 1. The monoisotopic (exact) mass is 244 g/mol. The van der Waals surface area contributed by atoms with Gasteiger partial charge >= 0.3 is 0 Å². The van der Waals surface area contributed by atoms with Gasteiger partial charge in [-0.25, -0.2) is 0 Å². The molecule has 10 heteroatoms. The predicted octanol–water partition coefficient (Wildman–Crippen LogP) is -2.01. The zero-order chi connectivity index (χ0) is 13.8. The van der Waals surface area contributed by atoms with E-state index in [2.05, 4.69) is 20.4 Å². The van der Waals surface area contributed by atoms with Gasteiger partial charge in [-0.1, -0.05) is 0 Å². The van der Waals surface area contributed by atoms with Crippen molar-refractivity contribution < 1.29 is 9.90 Å². The van der Waals surface area contributed by atoms with Crippen molar-refractivity contribution in [3.63, 3.8) is 0 Å². The Morgan fingerprint density at radius 2 is 1.41 bits per heavy atom. The number of nitrogens with zero attached hydrogens (tertiary/aromatic N) is 4. The molecule has 96 valence electrons. The van der Waals surface area contributed by atoms with E-state index in [1.54, 1.807) is 6.92 Å². The summed E-state index contributed by atoms with van der Waals surface area (Å²) in [7, 11) is 0. The van der Waals surface area contributed by atoms with Gasteiger partial charge in [-0.2, -0.15) is 10.2 Å². The molecule has 0 rings (SSSR count). The third-order valence-corrected chi connectivity index (χ3v) is 0.741. The third-order valence-electron chi connectivity index (χ3n) is 0.741. The molecule has 0 aromatic rings. The number of aliphatic carboxylic acids is 1. The van der Waals surface area contributed by atoms with E-state index in [9.17, 15) is 0 Å². The van der Waals surface area contributed by atoms with E-state index < -0.39 is 5.97 Å². The van der Waals surface area contributed by atoms with E-state index in [4.69, 9.17) is 32.8 Å². The molecule has 0 atom stereocenters. The standard InChI is InChI=1S/C5H12N8.C2H4O2/c1-3(11-13-5(8)9)2-10-12-4(6)7;1-2(3)4/h2H,1H3,(H4,6,7,12)(H4,8,9,13);1H3,(H,3,4). The molecule has 0 aliphatic carbocycles. The van der Waals surface area contributed by atoms with Gasteiger partial charge in [-0.05, 0) is 6.92 Å². The molecule has 0 aromatic carbocycles. The van der Waals surface area contributed by atoms with E-state index in [0.717, 1.165) is 6.92 Å². The molecule has 17 heavy (non-hydrogen) atoms. The van der Waals surface area contributed by atoms with Gasteiger partial charge in [0.25, 0.3) is 5.97 Å². The van der Waals surface area contributed by atoms with E-state index in [1.807, 2.05) is 0 Å². The Morgan fingerprint density at radius 1 is 1.00 bits per heavy atom. The van der Waals surface area contributed by atoms with E-state index in [-0.39, 0.29) is 11.9 Å². The molecule has 10 nitrogen and oxygen atoms in total. The smallest absolute Gasteiger partial charge is 0.300 e. The van der Waals surface area contributed by atoms with E-state index in [0.29, 0.717) is 5.71 Å². The lowest BCUT2D eigenvalue weighted by Crippen LogP contribution is -2.22. The molecule has 0 aromatic heterocycles. The fourth-order valence-corrected chi connectivity index (χ4v) is 0.342. The molecule has 0 amide bonds. The maximum atomic E-state index is 9.00. The Bertz CT molecular complexity index is 345. The fraction of sp³-hybridized carbons (Fsp3) is 0.286. The molecule has 0 aliphatic rings. The summed E-state index contributed by atoms with van der Waals surface area (Å²) in [5.74, 6) is -1.10. The van der Waals surface area contributed by atoms with Crippen LogP contribution in [0.1, 0.15) is 13.8 Å². The quantitative estimate of drug-likeness (QED) is 0.216. The first-order valence-electron chi connectivity index (χ1n) is 4.20. The van der Waals surface area contributed by atoms with Gasteiger partial charge in [0.15, 0.2) is 0 Å². The summed E-state index contributed by atoms with van der Waals surface area (Å²) in [4.78, 5) is 9.00. The van der Waals surface area contributed by atoms with Crippen LogP contribution in [0.5, 0.6) is 0 Å². The highest BCUT2D eigenvalue weighted by Crippen LogP contribution is 1.76. The lowest BCUT2D eigenvalue weighted by Gasteiger charge is -1.86. The van der Waals surface area contributed by atoms with Gasteiger partial charge in [0.05, 0.1) is 11.9 Å². The Kier molecular flexibility index (Phi) is 9.75. The summed E-state index contributed by atoms with van der Waals surface area (Å²) >= 11 is 0. The molecular weight excluding hydrogens is 228 g/mol. The number of rotatable bonds is 3. The number of carbonyl (C=O) groups is 1. The normalized spacial score (nSPS) is 10.1. The SMILES string of the molecule is CC(=O)O.CC(C=NN=C(N)N)=NN=C(N)N. The third kappa shape index (κ3) is 24.7. The second-order valence-corrected chi connectivity index (χ2v) is 2.55. The van der Waals surface area contributed by atoms with Gasteiger partial charge in [0.2, 0.25) is 11.9 Å². The van der Waals surface area contributed by atoms with Crippen molar-refractivity contribution in [3.05, 3.63) is 0 Å². The lowest BCUT2D eigenvalue weighted by molar-refractivity contribution is -0.134. The highest BCUT2D eigenvalue weighted by Gasteiger charge is 1.83. The number of hydrogen-bond donors (Lipinski definition) is 5. The van der Waals surface area contributed by atoms with Crippen LogP contribution in [0, 0.1) is 0 Å². The molecule has 0 heterocycles. The van der Waals surface area contributed by atoms with Crippen LogP contribution in [0.15, 0.2) is 20.4 Å². The first-order chi connectivity index (χ1) is 7.75. The van der Waals surface area contributed by atoms with Gasteiger partial charge in [0.1, 0.15) is 0 Å². The van der Waals surface area contributed by atoms with E-state index >= 15 is 0 Å².